The molecule has 0 spiro atoms. The van der Waals surface area contributed by atoms with E-state index in [1.54, 1.807) is 0 Å². The number of anilines is 6. The van der Waals surface area contributed by atoms with Crippen molar-refractivity contribution >= 4 is 34.1 Å². The highest BCUT2D eigenvalue weighted by Crippen LogP contribution is 2.55. The Hall–Kier alpha value is -6.37. The third kappa shape index (κ3) is 4.87. The van der Waals surface area contributed by atoms with E-state index in [9.17, 15) is 5.26 Å². The van der Waals surface area contributed by atoms with Crippen molar-refractivity contribution in [2.45, 2.75) is 38.5 Å². The SMILES string of the molecule is CC1(C)c2ccccc2N(c2cc(-c3cc(C#N)cc(-c4ccccc4)c3)cc(N3c4ccccc4C(C)(C)c4ccccc43)c2)c2ccccc21. The molecule has 0 radical (unpaired) electrons. The Morgan fingerprint density at radius 3 is 1.13 bits per heavy atom. The molecule has 250 valence electrons. The van der Waals surface area contributed by atoms with Gasteiger partial charge in [0.1, 0.15) is 0 Å². The van der Waals surface area contributed by atoms with E-state index in [4.69, 9.17) is 0 Å². The summed E-state index contributed by atoms with van der Waals surface area (Å²) in [6, 6.07) is 61.2. The minimum atomic E-state index is -0.174. The quantitative estimate of drug-likeness (QED) is 0.187. The van der Waals surface area contributed by atoms with E-state index < -0.39 is 0 Å². The summed E-state index contributed by atoms with van der Waals surface area (Å²) in [6.45, 7) is 9.30. The van der Waals surface area contributed by atoms with Gasteiger partial charge in [-0.05, 0) is 105 Å². The van der Waals surface area contributed by atoms with Crippen LogP contribution in [0.1, 0.15) is 55.5 Å². The lowest BCUT2D eigenvalue weighted by Crippen LogP contribution is -2.31. The normalized spacial score (nSPS) is 14.8. The maximum Gasteiger partial charge on any atom is 0.0992 e. The van der Waals surface area contributed by atoms with Gasteiger partial charge in [0, 0.05) is 22.2 Å². The van der Waals surface area contributed by atoms with Crippen LogP contribution in [0.4, 0.5) is 34.1 Å². The largest absolute Gasteiger partial charge is 0.310 e. The number of fused-ring (bicyclic) bond motifs is 4. The summed E-state index contributed by atoms with van der Waals surface area (Å²) in [7, 11) is 0. The van der Waals surface area contributed by atoms with Gasteiger partial charge in [-0.15, -0.1) is 0 Å². The molecule has 7 aromatic rings. The smallest absolute Gasteiger partial charge is 0.0992 e. The molecule has 0 N–H and O–H groups in total. The Morgan fingerprint density at radius 1 is 0.385 bits per heavy atom. The Kier molecular flexibility index (Phi) is 7.21. The van der Waals surface area contributed by atoms with Crippen molar-refractivity contribution in [2.24, 2.45) is 0 Å². The summed E-state index contributed by atoms with van der Waals surface area (Å²) in [5.41, 5.74) is 16.4. The van der Waals surface area contributed by atoms with Gasteiger partial charge in [0.05, 0.1) is 34.4 Å². The third-order valence-corrected chi connectivity index (χ3v) is 11.2. The molecule has 7 aromatic carbocycles. The summed E-state index contributed by atoms with van der Waals surface area (Å²) < 4.78 is 0. The summed E-state index contributed by atoms with van der Waals surface area (Å²) in [5.74, 6) is 0. The topological polar surface area (TPSA) is 30.3 Å². The molecule has 52 heavy (non-hydrogen) atoms. The zero-order chi connectivity index (χ0) is 35.6. The van der Waals surface area contributed by atoms with Crippen molar-refractivity contribution < 1.29 is 0 Å². The maximum atomic E-state index is 10.3. The molecule has 0 aliphatic carbocycles. The number of benzene rings is 7. The fourth-order valence-corrected chi connectivity index (χ4v) is 8.57. The number of nitriles is 1. The molecule has 0 saturated carbocycles. The zero-order valence-corrected chi connectivity index (χ0v) is 29.9. The van der Waals surface area contributed by atoms with Gasteiger partial charge in [-0.1, -0.05) is 131 Å². The first kappa shape index (κ1) is 31.6. The Labute approximate surface area is 306 Å². The highest BCUT2D eigenvalue weighted by molar-refractivity contribution is 5.93. The van der Waals surface area contributed by atoms with E-state index in [1.165, 1.54) is 45.0 Å². The van der Waals surface area contributed by atoms with Crippen LogP contribution in [-0.2, 0) is 10.8 Å². The summed E-state index contributed by atoms with van der Waals surface area (Å²) in [4.78, 5) is 4.86. The van der Waals surface area contributed by atoms with Gasteiger partial charge >= 0.3 is 0 Å². The third-order valence-electron chi connectivity index (χ3n) is 11.2. The van der Waals surface area contributed by atoms with Crippen molar-refractivity contribution in [3.05, 3.63) is 192 Å². The van der Waals surface area contributed by atoms with Gasteiger partial charge < -0.3 is 9.80 Å². The van der Waals surface area contributed by atoms with E-state index in [-0.39, 0.29) is 10.8 Å². The minimum Gasteiger partial charge on any atom is -0.310 e. The van der Waals surface area contributed by atoms with Crippen LogP contribution < -0.4 is 9.80 Å². The van der Waals surface area contributed by atoms with Crippen molar-refractivity contribution in [3.8, 4) is 28.3 Å². The zero-order valence-electron chi connectivity index (χ0n) is 29.9. The first-order chi connectivity index (χ1) is 25.3. The van der Waals surface area contributed by atoms with Gasteiger partial charge in [-0.25, -0.2) is 0 Å². The lowest BCUT2D eigenvalue weighted by Gasteiger charge is -2.43. The number of para-hydroxylation sites is 4. The molecule has 0 aromatic heterocycles. The Bertz CT molecular complexity index is 2330. The van der Waals surface area contributed by atoms with Crippen LogP contribution >= 0.6 is 0 Å². The Morgan fingerprint density at radius 2 is 0.731 bits per heavy atom. The molecular weight excluding hydrogens is 631 g/mol. The lowest BCUT2D eigenvalue weighted by atomic mass is 9.73. The van der Waals surface area contributed by atoms with Gasteiger partial charge in [-0.2, -0.15) is 5.26 Å². The second kappa shape index (κ2) is 11.9. The molecular formula is C49H39N3. The number of hydrogen-bond donors (Lipinski definition) is 0. The van der Waals surface area contributed by atoms with Crippen LogP contribution in [0.3, 0.4) is 0 Å². The maximum absolute atomic E-state index is 10.3. The summed E-state index contributed by atoms with van der Waals surface area (Å²) >= 11 is 0. The average Bonchev–Trinajstić information content (AvgIpc) is 3.18. The van der Waals surface area contributed by atoms with E-state index in [2.05, 4.69) is 177 Å². The van der Waals surface area contributed by atoms with E-state index >= 15 is 0 Å². The first-order valence-electron chi connectivity index (χ1n) is 18.0. The molecule has 2 aliphatic heterocycles. The molecule has 0 bridgehead atoms. The minimum absolute atomic E-state index is 0.174. The molecule has 3 heteroatoms. The number of hydrogen-bond acceptors (Lipinski definition) is 3. The summed E-state index contributed by atoms with van der Waals surface area (Å²) in [5, 5.41) is 10.3. The van der Waals surface area contributed by atoms with Gasteiger partial charge in [-0.3, -0.25) is 0 Å². The number of nitrogens with zero attached hydrogens (tertiary/aromatic N) is 3. The fraction of sp³-hybridized carbons (Fsp3) is 0.122. The van der Waals surface area contributed by atoms with Crippen molar-refractivity contribution in [3.63, 3.8) is 0 Å². The molecule has 0 fully saturated rings. The van der Waals surface area contributed by atoms with Crippen LogP contribution in [0.15, 0.2) is 164 Å². The van der Waals surface area contributed by atoms with Crippen molar-refractivity contribution in [1.82, 2.24) is 0 Å². The van der Waals surface area contributed by atoms with E-state index in [0.717, 1.165) is 33.6 Å². The van der Waals surface area contributed by atoms with E-state index in [0.29, 0.717) is 5.56 Å². The predicted octanol–water partition coefficient (Wildman–Crippen LogP) is 13.1. The van der Waals surface area contributed by atoms with E-state index in [1.807, 2.05) is 30.3 Å². The van der Waals surface area contributed by atoms with Crippen LogP contribution in [0.5, 0.6) is 0 Å². The molecule has 0 atom stereocenters. The lowest BCUT2D eigenvalue weighted by molar-refractivity contribution is 0.631. The Balaban J connectivity index is 1.35. The predicted molar refractivity (Wildman–Crippen MR) is 216 cm³/mol. The average molecular weight is 670 g/mol. The van der Waals surface area contributed by atoms with Gasteiger partial charge in [0.25, 0.3) is 0 Å². The number of rotatable bonds is 4. The molecule has 0 saturated heterocycles. The van der Waals surface area contributed by atoms with Crippen LogP contribution in [-0.4, -0.2) is 0 Å². The standard InChI is InChI=1S/C49H39N3/c1-48(2)40-18-8-12-22-44(40)51(45-23-13-9-19-41(45)48)38-29-37(36-27-33(32-50)26-35(28-36)34-16-6-5-7-17-34)30-39(31-38)52-46-24-14-10-20-42(46)49(3,4)43-21-11-15-25-47(43)52/h5-31H,1-4H3. The monoisotopic (exact) mass is 669 g/mol. The highest BCUT2D eigenvalue weighted by Gasteiger charge is 2.39. The second-order valence-corrected chi connectivity index (χ2v) is 15.0. The van der Waals surface area contributed by atoms with Crippen LogP contribution in [0.25, 0.3) is 22.3 Å². The fourth-order valence-electron chi connectivity index (χ4n) is 8.57. The van der Waals surface area contributed by atoms with Crippen LogP contribution in [0.2, 0.25) is 0 Å². The van der Waals surface area contributed by atoms with Crippen molar-refractivity contribution in [2.75, 3.05) is 9.80 Å². The van der Waals surface area contributed by atoms with Crippen LogP contribution in [0, 0.1) is 11.3 Å². The molecule has 3 nitrogen and oxygen atoms in total. The van der Waals surface area contributed by atoms with Crippen molar-refractivity contribution in [1.29, 1.82) is 5.26 Å². The second-order valence-electron chi connectivity index (χ2n) is 15.0. The molecule has 2 heterocycles. The van der Waals surface area contributed by atoms with Gasteiger partial charge in [0.15, 0.2) is 0 Å². The van der Waals surface area contributed by atoms with Gasteiger partial charge in [0.2, 0.25) is 0 Å². The molecule has 2 aliphatic rings. The highest BCUT2D eigenvalue weighted by atomic mass is 15.2. The first-order valence-corrected chi connectivity index (χ1v) is 18.0. The molecule has 9 rings (SSSR count). The molecule has 0 unspecified atom stereocenters. The molecule has 0 amide bonds. The summed E-state index contributed by atoms with van der Waals surface area (Å²) in [6.07, 6.45) is 0.